The lowest BCUT2D eigenvalue weighted by molar-refractivity contribution is -0.133. The molecule has 1 N–H and O–H groups in total. The highest BCUT2D eigenvalue weighted by Crippen LogP contribution is 2.31. The van der Waals surface area contributed by atoms with Crippen LogP contribution in [0.4, 0.5) is 8.78 Å². The van der Waals surface area contributed by atoms with Gasteiger partial charge in [-0.25, -0.2) is 8.78 Å². The molecular weight excluding hydrogens is 402 g/mol. The van der Waals surface area contributed by atoms with Gasteiger partial charge in [-0.15, -0.1) is 0 Å². The van der Waals surface area contributed by atoms with E-state index in [1.54, 1.807) is 7.11 Å². The lowest BCUT2D eigenvalue weighted by Gasteiger charge is -2.31. The Kier molecular flexibility index (Phi) is 7.98. The van der Waals surface area contributed by atoms with Gasteiger partial charge in [-0.05, 0) is 49.1 Å². The largest absolute Gasteiger partial charge is 0.497 e. The van der Waals surface area contributed by atoms with E-state index in [1.165, 1.54) is 0 Å². The molecule has 1 saturated heterocycles. The van der Waals surface area contributed by atoms with Crippen molar-refractivity contribution in [3.63, 3.8) is 0 Å². The monoisotopic (exact) mass is 430 g/mol. The zero-order valence-electron chi connectivity index (χ0n) is 17.7. The van der Waals surface area contributed by atoms with Gasteiger partial charge in [-0.2, -0.15) is 0 Å². The summed E-state index contributed by atoms with van der Waals surface area (Å²) in [4.78, 5) is 27.0. The van der Waals surface area contributed by atoms with Crippen molar-refractivity contribution in [2.24, 2.45) is 0 Å². The molecule has 1 heterocycles. The lowest BCUT2D eigenvalue weighted by Crippen LogP contribution is -2.35. The van der Waals surface area contributed by atoms with Crippen molar-refractivity contribution in [3.8, 4) is 5.75 Å². The van der Waals surface area contributed by atoms with Crippen LogP contribution in [-0.4, -0.2) is 36.9 Å². The first-order valence-electron chi connectivity index (χ1n) is 10.7. The molecule has 2 aromatic rings. The second-order valence-electron chi connectivity index (χ2n) is 7.71. The van der Waals surface area contributed by atoms with Gasteiger partial charge in [0.1, 0.15) is 17.4 Å². The Morgan fingerprint density at radius 3 is 2.58 bits per heavy atom. The van der Waals surface area contributed by atoms with Crippen LogP contribution >= 0.6 is 0 Å². The summed E-state index contributed by atoms with van der Waals surface area (Å²) in [7, 11) is 1.62. The van der Waals surface area contributed by atoms with E-state index in [-0.39, 0.29) is 24.1 Å². The van der Waals surface area contributed by atoms with Crippen molar-refractivity contribution in [2.75, 3.05) is 20.2 Å². The number of ether oxygens (including phenoxy) is 1. The van der Waals surface area contributed by atoms with Crippen LogP contribution in [0.5, 0.6) is 5.75 Å². The SMILES string of the molecule is COc1ccc(C2CCCCCN2C(=O)CCCNC(=O)c2ccc(F)cc2F)cc1. The van der Waals surface area contributed by atoms with E-state index in [0.29, 0.717) is 25.5 Å². The van der Waals surface area contributed by atoms with E-state index in [1.807, 2.05) is 29.2 Å². The van der Waals surface area contributed by atoms with Gasteiger partial charge in [0.2, 0.25) is 5.91 Å². The number of carbonyl (C=O) groups is 2. The molecule has 166 valence electrons. The molecule has 2 amide bonds. The summed E-state index contributed by atoms with van der Waals surface area (Å²) in [5.41, 5.74) is 0.885. The molecule has 0 aromatic heterocycles. The van der Waals surface area contributed by atoms with Crippen LogP contribution < -0.4 is 10.1 Å². The van der Waals surface area contributed by atoms with Gasteiger partial charge < -0.3 is 15.0 Å². The smallest absolute Gasteiger partial charge is 0.254 e. The second-order valence-corrected chi connectivity index (χ2v) is 7.71. The molecule has 1 atom stereocenters. The summed E-state index contributed by atoms with van der Waals surface area (Å²) >= 11 is 0. The second kappa shape index (κ2) is 10.9. The lowest BCUT2D eigenvalue weighted by atomic mass is 10.00. The van der Waals surface area contributed by atoms with Crippen molar-refractivity contribution in [1.82, 2.24) is 10.2 Å². The highest BCUT2D eigenvalue weighted by molar-refractivity contribution is 5.94. The van der Waals surface area contributed by atoms with E-state index >= 15 is 0 Å². The number of hydrogen-bond donors (Lipinski definition) is 1. The molecule has 5 nitrogen and oxygen atoms in total. The first-order valence-corrected chi connectivity index (χ1v) is 10.7. The average Bonchev–Trinajstić information content (AvgIpc) is 3.02. The summed E-state index contributed by atoms with van der Waals surface area (Å²) in [6, 6.07) is 10.7. The van der Waals surface area contributed by atoms with Crippen LogP contribution in [0, 0.1) is 11.6 Å². The fourth-order valence-corrected chi connectivity index (χ4v) is 3.93. The Labute approximate surface area is 181 Å². The zero-order valence-corrected chi connectivity index (χ0v) is 17.7. The number of amides is 2. The van der Waals surface area contributed by atoms with Gasteiger partial charge in [0.05, 0.1) is 18.7 Å². The maximum absolute atomic E-state index is 13.7. The number of rotatable bonds is 7. The van der Waals surface area contributed by atoms with Crippen molar-refractivity contribution >= 4 is 11.8 Å². The van der Waals surface area contributed by atoms with Crippen LogP contribution in [0.1, 0.15) is 60.5 Å². The predicted octanol–water partition coefficient (Wildman–Crippen LogP) is 4.63. The van der Waals surface area contributed by atoms with Crippen molar-refractivity contribution in [1.29, 1.82) is 0 Å². The highest BCUT2D eigenvalue weighted by atomic mass is 19.1. The van der Waals surface area contributed by atoms with Gasteiger partial charge in [-0.1, -0.05) is 25.0 Å². The Balaban J connectivity index is 1.55. The number of benzene rings is 2. The topological polar surface area (TPSA) is 58.6 Å². The predicted molar refractivity (Wildman–Crippen MR) is 114 cm³/mol. The van der Waals surface area contributed by atoms with E-state index in [2.05, 4.69) is 5.32 Å². The minimum atomic E-state index is -0.902. The molecule has 7 heteroatoms. The number of likely N-dealkylation sites (tertiary alicyclic amines) is 1. The quantitative estimate of drug-likeness (QED) is 0.652. The summed E-state index contributed by atoms with van der Waals surface area (Å²) < 4.78 is 31.9. The maximum atomic E-state index is 13.7. The van der Waals surface area contributed by atoms with Crippen molar-refractivity contribution in [3.05, 3.63) is 65.2 Å². The summed E-state index contributed by atoms with van der Waals surface area (Å²) in [6.07, 6.45) is 4.78. The summed E-state index contributed by atoms with van der Waals surface area (Å²) in [5, 5.41) is 2.60. The Hall–Kier alpha value is -2.96. The van der Waals surface area contributed by atoms with E-state index in [9.17, 15) is 18.4 Å². The molecular formula is C24H28F2N2O3. The number of methoxy groups -OCH3 is 1. The number of carbonyl (C=O) groups excluding carboxylic acids is 2. The molecule has 0 spiro atoms. The minimum absolute atomic E-state index is 0.0313. The van der Waals surface area contributed by atoms with E-state index < -0.39 is 17.5 Å². The number of hydrogen-bond acceptors (Lipinski definition) is 3. The van der Waals surface area contributed by atoms with Gasteiger partial charge in [0.25, 0.3) is 5.91 Å². The third-order valence-electron chi connectivity index (χ3n) is 5.60. The van der Waals surface area contributed by atoms with E-state index in [4.69, 9.17) is 4.74 Å². The molecule has 0 saturated carbocycles. The molecule has 31 heavy (non-hydrogen) atoms. The Bertz CT molecular complexity index is 902. The molecule has 1 unspecified atom stereocenters. The van der Waals surface area contributed by atoms with Crippen molar-refractivity contribution in [2.45, 2.75) is 44.6 Å². The van der Waals surface area contributed by atoms with Gasteiger partial charge in [-0.3, -0.25) is 9.59 Å². The third-order valence-corrected chi connectivity index (χ3v) is 5.60. The van der Waals surface area contributed by atoms with Crippen LogP contribution in [0.25, 0.3) is 0 Å². The summed E-state index contributed by atoms with van der Waals surface area (Å²) in [5.74, 6) is -1.42. The number of nitrogens with zero attached hydrogens (tertiary/aromatic N) is 1. The fraction of sp³-hybridized carbons (Fsp3) is 0.417. The van der Waals surface area contributed by atoms with Crippen LogP contribution in [0.3, 0.4) is 0 Å². The normalized spacial score (nSPS) is 16.5. The minimum Gasteiger partial charge on any atom is -0.497 e. The van der Waals surface area contributed by atoms with Gasteiger partial charge in [0.15, 0.2) is 0 Å². The van der Waals surface area contributed by atoms with Gasteiger partial charge >= 0.3 is 0 Å². The molecule has 0 aliphatic carbocycles. The van der Waals surface area contributed by atoms with Gasteiger partial charge in [0, 0.05) is 25.6 Å². The number of nitrogens with one attached hydrogen (secondary N) is 1. The summed E-state index contributed by atoms with van der Waals surface area (Å²) in [6.45, 7) is 0.950. The van der Waals surface area contributed by atoms with Crippen LogP contribution in [-0.2, 0) is 4.79 Å². The number of halogens is 2. The van der Waals surface area contributed by atoms with Crippen LogP contribution in [0.15, 0.2) is 42.5 Å². The Morgan fingerprint density at radius 2 is 1.87 bits per heavy atom. The fourth-order valence-electron chi connectivity index (χ4n) is 3.93. The maximum Gasteiger partial charge on any atom is 0.254 e. The molecule has 0 bridgehead atoms. The average molecular weight is 430 g/mol. The highest BCUT2D eigenvalue weighted by Gasteiger charge is 2.26. The molecule has 0 radical (unpaired) electrons. The molecule has 1 aliphatic rings. The molecule has 1 fully saturated rings. The standard InChI is InChI=1S/C24H28F2N2O3/c1-31-19-11-8-17(9-12-19)22-6-3-2-4-15-28(22)23(29)7-5-14-27-24(30)20-13-10-18(25)16-21(20)26/h8-13,16,22H,2-7,14-15H2,1H3,(H,27,30). The van der Waals surface area contributed by atoms with Crippen LogP contribution in [0.2, 0.25) is 0 Å². The van der Waals surface area contributed by atoms with Crippen molar-refractivity contribution < 1.29 is 23.1 Å². The van der Waals surface area contributed by atoms with E-state index in [0.717, 1.165) is 49.1 Å². The molecule has 3 rings (SSSR count). The first-order chi connectivity index (χ1) is 15.0. The third kappa shape index (κ3) is 6.03. The first kappa shape index (κ1) is 22.7. The zero-order chi connectivity index (χ0) is 22.2. The molecule has 2 aromatic carbocycles. The molecule has 1 aliphatic heterocycles. The Morgan fingerprint density at radius 1 is 1.10 bits per heavy atom.